The Kier molecular flexibility index (Phi) is 5.93. The minimum Gasteiger partial charge on any atom is -0.337 e. The van der Waals surface area contributed by atoms with Crippen molar-refractivity contribution in [2.24, 2.45) is 0 Å². The molecule has 24 heavy (non-hydrogen) atoms. The molecule has 1 aromatic heterocycles. The molecule has 6 heteroatoms. The fourth-order valence-corrected chi connectivity index (χ4v) is 3.49. The molecule has 1 unspecified atom stereocenters. The number of hydrogen-bond acceptors (Lipinski definition) is 5. The summed E-state index contributed by atoms with van der Waals surface area (Å²) >= 11 is 0. The van der Waals surface area contributed by atoms with E-state index >= 15 is 0 Å². The van der Waals surface area contributed by atoms with Gasteiger partial charge in [-0.25, -0.2) is 9.97 Å². The second-order valence-corrected chi connectivity index (χ2v) is 6.72. The first-order valence-electron chi connectivity index (χ1n) is 8.88. The van der Waals surface area contributed by atoms with Gasteiger partial charge in [-0.3, -0.25) is 9.69 Å². The van der Waals surface area contributed by atoms with Crippen molar-refractivity contribution in [3.05, 3.63) is 30.4 Å². The van der Waals surface area contributed by atoms with Crippen molar-refractivity contribution in [2.45, 2.75) is 25.3 Å². The highest BCUT2D eigenvalue weighted by molar-refractivity contribution is 5.91. The van der Waals surface area contributed by atoms with Crippen LogP contribution in [-0.2, 0) is 4.79 Å². The molecule has 2 saturated heterocycles. The quantitative estimate of drug-likeness (QED) is 0.775. The largest absolute Gasteiger partial charge is 0.337 e. The zero-order valence-corrected chi connectivity index (χ0v) is 14.5. The third kappa shape index (κ3) is 4.61. The first-order valence-corrected chi connectivity index (χ1v) is 8.88. The lowest BCUT2D eigenvalue weighted by Gasteiger charge is -2.40. The number of carbonyl (C=O) groups is 1. The van der Waals surface area contributed by atoms with Crippen molar-refractivity contribution in [1.29, 1.82) is 0 Å². The van der Waals surface area contributed by atoms with E-state index in [4.69, 9.17) is 0 Å². The fourth-order valence-electron chi connectivity index (χ4n) is 3.49. The van der Waals surface area contributed by atoms with Crippen molar-refractivity contribution in [3.63, 3.8) is 0 Å². The van der Waals surface area contributed by atoms with E-state index in [9.17, 15) is 4.79 Å². The van der Waals surface area contributed by atoms with Crippen LogP contribution in [-0.4, -0.2) is 82.9 Å². The molecule has 2 fully saturated rings. The Hall–Kier alpha value is -1.79. The molecule has 0 aromatic carbocycles. The van der Waals surface area contributed by atoms with Crippen molar-refractivity contribution in [3.8, 4) is 0 Å². The number of carbonyl (C=O) groups excluding carboxylic acids is 1. The summed E-state index contributed by atoms with van der Waals surface area (Å²) in [6.45, 7) is 5.91. The maximum atomic E-state index is 12.3. The second-order valence-electron chi connectivity index (χ2n) is 6.72. The van der Waals surface area contributed by atoms with Gasteiger partial charge in [0.2, 0.25) is 5.91 Å². The van der Waals surface area contributed by atoms with Crippen LogP contribution < -0.4 is 0 Å². The molecule has 130 valence electrons. The van der Waals surface area contributed by atoms with Gasteiger partial charge in [0.1, 0.15) is 6.33 Å². The van der Waals surface area contributed by atoms with Crippen LogP contribution in [0, 0.1) is 0 Å². The molecule has 0 saturated carbocycles. The lowest BCUT2D eigenvalue weighted by molar-refractivity contribution is -0.127. The van der Waals surface area contributed by atoms with Crippen LogP contribution in [0.4, 0.5) is 0 Å². The monoisotopic (exact) mass is 329 g/mol. The summed E-state index contributed by atoms with van der Waals surface area (Å²) in [5.41, 5.74) is 0.761. The van der Waals surface area contributed by atoms with Crippen molar-refractivity contribution < 1.29 is 4.79 Å². The Balaban J connectivity index is 1.44. The summed E-state index contributed by atoms with van der Waals surface area (Å²) in [6.07, 6.45) is 10.5. The van der Waals surface area contributed by atoms with Crippen LogP contribution in [0.25, 0.3) is 6.08 Å². The Morgan fingerprint density at radius 1 is 1.25 bits per heavy atom. The van der Waals surface area contributed by atoms with Gasteiger partial charge in [0.05, 0.1) is 5.69 Å². The maximum absolute atomic E-state index is 12.3. The van der Waals surface area contributed by atoms with Gasteiger partial charge >= 0.3 is 0 Å². The van der Waals surface area contributed by atoms with Crippen LogP contribution in [0.1, 0.15) is 25.0 Å². The lowest BCUT2D eigenvalue weighted by Crippen LogP contribution is -2.52. The van der Waals surface area contributed by atoms with E-state index < -0.39 is 0 Å². The number of aromatic nitrogens is 2. The van der Waals surface area contributed by atoms with Crippen molar-refractivity contribution in [2.75, 3.05) is 46.3 Å². The molecule has 0 bridgehead atoms. The molecule has 0 spiro atoms. The topological polar surface area (TPSA) is 52.6 Å². The Bertz CT molecular complexity index is 554. The number of nitrogens with zero attached hydrogens (tertiary/aromatic N) is 5. The molecule has 0 radical (unpaired) electrons. The average Bonchev–Trinajstić information content (AvgIpc) is 2.63. The third-order valence-corrected chi connectivity index (χ3v) is 5.08. The van der Waals surface area contributed by atoms with Gasteiger partial charge in [-0.05, 0) is 38.6 Å². The van der Waals surface area contributed by atoms with Crippen LogP contribution in [0.15, 0.2) is 24.7 Å². The number of piperidine rings is 1. The van der Waals surface area contributed by atoms with E-state index in [1.807, 2.05) is 4.90 Å². The minimum atomic E-state index is 0.0723. The average molecular weight is 329 g/mol. The number of likely N-dealkylation sites (N-methyl/N-ethyl adjacent to an activating group) is 1. The summed E-state index contributed by atoms with van der Waals surface area (Å²) in [6, 6.07) is 2.47. The molecule has 2 aliphatic rings. The number of likely N-dealkylation sites (tertiary alicyclic amines) is 1. The van der Waals surface area contributed by atoms with E-state index in [2.05, 4.69) is 26.8 Å². The van der Waals surface area contributed by atoms with Crippen LogP contribution in [0.3, 0.4) is 0 Å². The SMILES string of the molecule is CN1CCCCC1CN1CCN(C(=O)C=Cc2ccncn2)CC1. The van der Waals surface area contributed by atoms with Gasteiger partial charge in [0.25, 0.3) is 0 Å². The Morgan fingerprint density at radius 2 is 2.08 bits per heavy atom. The molecule has 6 nitrogen and oxygen atoms in total. The number of piperazine rings is 1. The smallest absolute Gasteiger partial charge is 0.246 e. The first kappa shape index (κ1) is 17.0. The van der Waals surface area contributed by atoms with Gasteiger partial charge in [-0.1, -0.05) is 6.42 Å². The maximum Gasteiger partial charge on any atom is 0.246 e. The van der Waals surface area contributed by atoms with Crippen LogP contribution in [0.5, 0.6) is 0 Å². The highest BCUT2D eigenvalue weighted by atomic mass is 16.2. The highest BCUT2D eigenvalue weighted by Crippen LogP contribution is 2.17. The van der Waals surface area contributed by atoms with Gasteiger partial charge in [-0.2, -0.15) is 0 Å². The Labute approximate surface area is 144 Å². The van der Waals surface area contributed by atoms with E-state index in [0.717, 1.165) is 38.4 Å². The highest BCUT2D eigenvalue weighted by Gasteiger charge is 2.25. The normalized spacial score (nSPS) is 23.7. The standard InChI is InChI=1S/C18H27N5O/c1-21-9-3-2-4-17(21)14-22-10-12-23(13-11-22)18(24)6-5-16-7-8-19-15-20-16/h5-8,15,17H,2-4,9-14H2,1H3. The van der Waals surface area contributed by atoms with E-state index in [-0.39, 0.29) is 5.91 Å². The third-order valence-electron chi connectivity index (χ3n) is 5.08. The zero-order valence-electron chi connectivity index (χ0n) is 14.5. The lowest BCUT2D eigenvalue weighted by atomic mass is 10.0. The van der Waals surface area contributed by atoms with E-state index in [1.54, 1.807) is 24.4 Å². The predicted octanol–water partition coefficient (Wildman–Crippen LogP) is 1.12. The van der Waals surface area contributed by atoms with Gasteiger partial charge in [0.15, 0.2) is 0 Å². The first-order chi connectivity index (χ1) is 11.7. The zero-order chi connectivity index (χ0) is 16.8. The van der Waals surface area contributed by atoms with Gasteiger partial charge in [0, 0.05) is 51.0 Å². The molecule has 1 atom stereocenters. The summed E-state index contributed by atoms with van der Waals surface area (Å²) in [5, 5.41) is 0. The molecule has 3 rings (SSSR count). The van der Waals surface area contributed by atoms with Gasteiger partial charge in [-0.15, -0.1) is 0 Å². The minimum absolute atomic E-state index is 0.0723. The van der Waals surface area contributed by atoms with E-state index in [1.165, 1.54) is 32.1 Å². The fraction of sp³-hybridized carbons (Fsp3) is 0.611. The van der Waals surface area contributed by atoms with E-state index in [0.29, 0.717) is 6.04 Å². The Morgan fingerprint density at radius 3 is 2.79 bits per heavy atom. The molecule has 0 aliphatic carbocycles. The van der Waals surface area contributed by atoms with Crippen LogP contribution in [0.2, 0.25) is 0 Å². The van der Waals surface area contributed by atoms with Crippen molar-refractivity contribution in [1.82, 2.24) is 24.7 Å². The molecular formula is C18H27N5O. The summed E-state index contributed by atoms with van der Waals surface area (Å²) in [4.78, 5) is 27.2. The molecule has 3 heterocycles. The number of rotatable bonds is 4. The summed E-state index contributed by atoms with van der Waals surface area (Å²) in [7, 11) is 2.24. The summed E-state index contributed by atoms with van der Waals surface area (Å²) < 4.78 is 0. The second kappa shape index (κ2) is 8.35. The molecule has 0 N–H and O–H groups in total. The van der Waals surface area contributed by atoms with Gasteiger partial charge < -0.3 is 9.80 Å². The predicted molar refractivity (Wildman–Crippen MR) is 94.4 cm³/mol. The molecule has 1 aromatic rings. The molecule has 2 aliphatic heterocycles. The molecule has 1 amide bonds. The number of amides is 1. The molecular weight excluding hydrogens is 302 g/mol. The number of hydrogen-bond donors (Lipinski definition) is 0. The van der Waals surface area contributed by atoms with Crippen LogP contribution >= 0.6 is 0 Å². The van der Waals surface area contributed by atoms with Crippen molar-refractivity contribution >= 4 is 12.0 Å². The summed E-state index contributed by atoms with van der Waals surface area (Å²) in [5.74, 6) is 0.0723.